The highest BCUT2D eigenvalue weighted by Gasteiger charge is 2.29. The highest BCUT2D eigenvalue weighted by atomic mass is 16.5. The molecule has 0 spiro atoms. The van der Waals surface area contributed by atoms with Crippen LogP contribution in [0.5, 0.6) is 5.75 Å². The molecule has 1 aliphatic rings. The van der Waals surface area contributed by atoms with Gasteiger partial charge in [-0.1, -0.05) is 30.3 Å². The Hall–Kier alpha value is -5.42. The van der Waals surface area contributed by atoms with Gasteiger partial charge in [0, 0.05) is 28.5 Å². The second-order valence-electron chi connectivity index (χ2n) is 10.8. The van der Waals surface area contributed by atoms with Crippen molar-refractivity contribution in [3.63, 3.8) is 0 Å². The van der Waals surface area contributed by atoms with E-state index in [0.29, 0.717) is 41.2 Å². The van der Waals surface area contributed by atoms with Gasteiger partial charge in [0.25, 0.3) is 0 Å². The number of rotatable bonds is 6. The van der Waals surface area contributed by atoms with Crippen LogP contribution < -0.4 is 10.2 Å². The fourth-order valence-corrected chi connectivity index (χ4v) is 5.68. The van der Waals surface area contributed by atoms with E-state index in [0.717, 1.165) is 50.8 Å². The molecule has 0 aliphatic heterocycles. The van der Waals surface area contributed by atoms with Crippen molar-refractivity contribution in [3.8, 4) is 22.9 Å². The monoisotopic (exact) mass is 571 g/mol. The molecular formula is C35H29N3O5. The van der Waals surface area contributed by atoms with Gasteiger partial charge in [0.1, 0.15) is 17.1 Å². The van der Waals surface area contributed by atoms with Gasteiger partial charge >= 0.3 is 5.97 Å². The normalized spacial score (nSPS) is 13.5. The van der Waals surface area contributed by atoms with Gasteiger partial charge in [0.2, 0.25) is 11.7 Å². The Morgan fingerprint density at radius 1 is 1.00 bits per heavy atom. The quantitative estimate of drug-likeness (QED) is 0.132. The molecule has 0 radical (unpaired) electrons. The van der Waals surface area contributed by atoms with Crippen LogP contribution in [0.1, 0.15) is 62.5 Å². The van der Waals surface area contributed by atoms with E-state index in [1.54, 1.807) is 37.5 Å². The molecule has 0 atom stereocenters. The van der Waals surface area contributed by atoms with Crippen LogP contribution in [0.2, 0.25) is 0 Å². The predicted molar refractivity (Wildman–Crippen MR) is 162 cm³/mol. The minimum Gasteiger partial charge on any atom is -0.464 e. The first-order valence-electron chi connectivity index (χ1n) is 14.1. The van der Waals surface area contributed by atoms with Gasteiger partial charge in [-0.15, -0.1) is 0 Å². The van der Waals surface area contributed by atoms with Crippen molar-refractivity contribution in [2.24, 2.45) is 5.10 Å². The molecule has 2 heterocycles. The van der Waals surface area contributed by atoms with Crippen molar-refractivity contribution >= 4 is 28.6 Å². The van der Waals surface area contributed by atoms with Crippen LogP contribution in [0.15, 0.2) is 80.9 Å². The predicted octanol–water partition coefficient (Wildman–Crippen LogP) is 7.11. The summed E-state index contributed by atoms with van der Waals surface area (Å²) in [6, 6.07) is 20.6. The van der Waals surface area contributed by atoms with Gasteiger partial charge < -0.3 is 13.6 Å². The second-order valence-corrected chi connectivity index (χ2v) is 10.8. The lowest BCUT2D eigenvalue weighted by molar-refractivity contribution is -0.120. The maximum atomic E-state index is 13.1. The van der Waals surface area contributed by atoms with Crippen molar-refractivity contribution in [1.29, 1.82) is 5.26 Å². The first kappa shape index (κ1) is 27.7. The van der Waals surface area contributed by atoms with Gasteiger partial charge in [0.15, 0.2) is 0 Å². The van der Waals surface area contributed by atoms with Crippen LogP contribution in [-0.4, -0.2) is 17.6 Å². The minimum atomic E-state index is -0.598. The van der Waals surface area contributed by atoms with E-state index in [2.05, 4.69) is 22.7 Å². The van der Waals surface area contributed by atoms with Crippen molar-refractivity contribution in [2.75, 3.05) is 0 Å². The number of hydrazone groups is 1. The van der Waals surface area contributed by atoms with Crippen molar-refractivity contribution < 1.29 is 23.2 Å². The molecule has 1 aliphatic carbocycles. The molecule has 8 nitrogen and oxygen atoms in total. The highest BCUT2D eigenvalue weighted by molar-refractivity contribution is 6.06. The number of aryl methyl sites for hydroxylation is 3. The number of nitrogens with one attached hydrogen (secondary N) is 1. The standard InChI is InChI=1S/C35H29N3O5/c1-20-15-21(2)32-26(19-41-30(32)16-20)17-31(39)38-37-28-5-4-6-29-33(28)22(3)34(43-29)35(40)42-27-13-11-25(12-14-27)24-9-7-23(18-36)8-10-24/h7-16,19H,4-6,17H2,1-3H3,(H,38,39)/b37-28+. The number of nitrogens with zero attached hydrogens (tertiary/aromatic N) is 2. The smallest absolute Gasteiger partial charge is 0.379 e. The molecule has 0 saturated carbocycles. The highest BCUT2D eigenvalue weighted by Crippen LogP contribution is 2.31. The zero-order valence-electron chi connectivity index (χ0n) is 24.1. The molecular weight excluding hydrogens is 542 g/mol. The number of benzene rings is 3. The molecule has 0 fully saturated rings. The lowest BCUT2D eigenvalue weighted by Crippen LogP contribution is -2.23. The summed E-state index contributed by atoms with van der Waals surface area (Å²) in [5.41, 5.74) is 11.0. The zero-order valence-corrected chi connectivity index (χ0v) is 24.1. The molecule has 3 aromatic carbocycles. The molecule has 1 amide bonds. The average molecular weight is 572 g/mol. The molecule has 43 heavy (non-hydrogen) atoms. The fraction of sp³-hybridized carbons (Fsp3) is 0.200. The van der Waals surface area contributed by atoms with Crippen LogP contribution in [0.3, 0.4) is 0 Å². The SMILES string of the molecule is Cc1cc(C)c2c(CC(=O)N/N=C3\CCCc4oc(C(=O)Oc5ccc(-c6ccc(C#N)cc6)cc5)c(C)c43)coc2c1. The van der Waals surface area contributed by atoms with E-state index in [1.807, 2.05) is 44.2 Å². The van der Waals surface area contributed by atoms with Crippen LogP contribution in [0, 0.1) is 32.1 Å². The largest absolute Gasteiger partial charge is 0.464 e. The molecule has 6 rings (SSSR count). The van der Waals surface area contributed by atoms with Gasteiger partial charge in [-0.25, -0.2) is 10.2 Å². The number of amides is 1. The van der Waals surface area contributed by atoms with E-state index >= 15 is 0 Å². The summed E-state index contributed by atoms with van der Waals surface area (Å²) >= 11 is 0. The number of ether oxygens (including phenoxy) is 1. The Labute approximate surface area is 248 Å². The number of hydrogen-bond acceptors (Lipinski definition) is 7. The van der Waals surface area contributed by atoms with E-state index in [9.17, 15) is 9.59 Å². The van der Waals surface area contributed by atoms with Crippen LogP contribution in [0.25, 0.3) is 22.1 Å². The molecule has 1 N–H and O–H groups in total. The number of fused-ring (bicyclic) bond motifs is 2. The third kappa shape index (κ3) is 5.57. The summed E-state index contributed by atoms with van der Waals surface area (Å²) in [5.74, 6) is 0.310. The molecule has 8 heteroatoms. The average Bonchev–Trinajstić information content (AvgIpc) is 3.57. The van der Waals surface area contributed by atoms with E-state index in [1.165, 1.54) is 0 Å². The number of nitriles is 1. The lowest BCUT2D eigenvalue weighted by Gasteiger charge is -2.13. The van der Waals surface area contributed by atoms with Crippen LogP contribution in [-0.2, 0) is 17.6 Å². The summed E-state index contributed by atoms with van der Waals surface area (Å²) < 4.78 is 17.3. The summed E-state index contributed by atoms with van der Waals surface area (Å²) in [7, 11) is 0. The van der Waals surface area contributed by atoms with Crippen molar-refractivity contribution in [3.05, 3.63) is 112 Å². The van der Waals surface area contributed by atoms with Crippen molar-refractivity contribution in [2.45, 2.75) is 46.5 Å². The Morgan fingerprint density at radius 2 is 1.72 bits per heavy atom. The fourth-order valence-electron chi connectivity index (χ4n) is 5.68. The molecule has 2 aromatic heterocycles. The molecule has 5 aromatic rings. The second kappa shape index (κ2) is 11.5. The third-order valence-electron chi connectivity index (χ3n) is 7.68. The maximum Gasteiger partial charge on any atom is 0.379 e. The molecule has 0 unspecified atom stereocenters. The maximum absolute atomic E-state index is 13.1. The van der Waals surface area contributed by atoms with Crippen molar-refractivity contribution in [1.82, 2.24) is 5.43 Å². The van der Waals surface area contributed by atoms with Gasteiger partial charge in [0.05, 0.1) is 30.0 Å². The summed E-state index contributed by atoms with van der Waals surface area (Å²) in [6.45, 7) is 5.82. The topological polar surface area (TPSA) is 118 Å². The first-order chi connectivity index (χ1) is 20.8. The van der Waals surface area contributed by atoms with E-state index in [-0.39, 0.29) is 18.1 Å². The Balaban J connectivity index is 1.15. The summed E-state index contributed by atoms with van der Waals surface area (Å²) in [6.07, 6.45) is 3.85. The molecule has 214 valence electrons. The third-order valence-corrected chi connectivity index (χ3v) is 7.68. The number of furan rings is 2. The Morgan fingerprint density at radius 3 is 2.44 bits per heavy atom. The molecule has 0 saturated heterocycles. The summed E-state index contributed by atoms with van der Waals surface area (Å²) in [5, 5.41) is 14.4. The molecule has 0 bridgehead atoms. The number of esters is 1. The summed E-state index contributed by atoms with van der Waals surface area (Å²) in [4.78, 5) is 26.0. The number of hydrogen-bond donors (Lipinski definition) is 1. The lowest BCUT2D eigenvalue weighted by atomic mass is 9.93. The van der Waals surface area contributed by atoms with Gasteiger partial charge in [-0.05, 0) is 86.2 Å². The van der Waals surface area contributed by atoms with E-state index in [4.69, 9.17) is 18.8 Å². The number of carbonyl (C=O) groups is 2. The van der Waals surface area contributed by atoms with E-state index < -0.39 is 5.97 Å². The van der Waals surface area contributed by atoms with Crippen LogP contribution >= 0.6 is 0 Å². The Kier molecular flexibility index (Phi) is 7.39. The van der Waals surface area contributed by atoms with Gasteiger partial charge in [-0.3, -0.25) is 4.79 Å². The Bertz CT molecular complexity index is 1940. The zero-order chi connectivity index (χ0) is 30.1. The minimum absolute atomic E-state index is 0.123. The van der Waals surface area contributed by atoms with Crippen LogP contribution in [0.4, 0.5) is 0 Å². The first-order valence-corrected chi connectivity index (χ1v) is 14.1. The number of carbonyl (C=O) groups excluding carboxylic acids is 2. The van der Waals surface area contributed by atoms with Gasteiger partial charge in [-0.2, -0.15) is 10.4 Å².